The van der Waals surface area contributed by atoms with Gasteiger partial charge in [-0.15, -0.1) is 0 Å². The fourth-order valence-electron chi connectivity index (χ4n) is 4.29. The molecule has 3 aromatic rings. The van der Waals surface area contributed by atoms with E-state index >= 15 is 0 Å². The molecule has 0 atom stereocenters. The van der Waals surface area contributed by atoms with Gasteiger partial charge in [-0.2, -0.15) is 15.3 Å². The molecule has 0 aliphatic heterocycles. The Kier molecular flexibility index (Phi) is 13.2. The van der Waals surface area contributed by atoms with Gasteiger partial charge >= 0.3 is 0 Å². The van der Waals surface area contributed by atoms with E-state index in [0.717, 1.165) is 17.1 Å². The van der Waals surface area contributed by atoms with Crippen molar-refractivity contribution in [1.29, 1.82) is 0 Å². The van der Waals surface area contributed by atoms with E-state index in [1.54, 1.807) is 12.2 Å². The van der Waals surface area contributed by atoms with Crippen LogP contribution in [0.25, 0.3) is 0 Å². The predicted molar refractivity (Wildman–Crippen MR) is 161 cm³/mol. The zero-order chi connectivity index (χ0) is 28.9. The molecular formula is C32H52MnN6. The van der Waals surface area contributed by atoms with Gasteiger partial charge in [-0.25, -0.2) is 14.0 Å². The fraction of sp³-hybridized carbons (Fsp3) is 0.594. The van der Waals surface area contributed by atoms with Crippen molar-refractivity contribution < 1.29 is 17.1 Å². The minimum Gasteiger partial charge on any atom is -0.224 e. The Morgan fingerprint density at radius 3 is 0.872 bits per heavy atom. The van der Waals surface area contributed by atoms with Gasteiger partial charge < -0.3 is 0 Å². The number of nitrogens with zero attached hydrogens (tertiary/aromatic N) is 6. The van der Waals surface area contributed by atoms with Crippen LogP contribution in [-0.2, 0) is 17.1 Å². The quantitative estimate of drug-likeness (QED) is 0.179. The number of hydrogen-bond acceptors (Lipinski definition) is 3. The maximum atomic E-state index is 5.19. The summed E-state index contributed by atoms with van der Waals surface area (Å²) in [6.07, 6.45) is 2.99. The van der Waals surface area contributed by atoms with Gasteiger partial charge in [-0.1, -0.05) is 108 Å². The molecule has 1 radical (unpaired) electrons. The number of allylic oxidation sites excluding steroid dienone is 2. The fourth-order valence-corrected chi connectivity index (χ4v) is 4.29. The molecule has 0 aliphatic rings. The number of rotatable bonds is 10. The van der Waals surface area contributed by atoms with Crippen LogP contribution < -0.4 is 0 Å². The second kappa shape index (κ2) is 14.9. The Balaban J connectivity index is 0.00000142. The van der Waals surface area contributed by atoms with Gasteiger partial charge in [-0.3, -0.25) is 0 Å². The van der Waals surface area contributed by atoms with Crippen molar-refractivity contribution in [3.8, 4) is 0 Å². The van der Waals surface area contributed by atoms with E-state index in [1.165, 1.54) is 17.1 Å². The molecule has 0 aromatic carbocycles. The molecule has 6 nitrogen and oxygen atoms in total. The molecule has 0 spiro atoms. The van der Waals surface area contributed by atoms with Crippen LogP contribution in [-0.4, -0.2) is 29.3 Å². The van der Waals surface area contributed by atoms with E-state index in [4.69, 9.17) is 15.3 Å². The van der Waals surface area contributed by atoms with Crippen LogP contribution in [0.3, 0.4) is 0 Å². The van der Waals surface area contributed by atoms with E-state index in [2.05, 4.69) is 128 Å². The zero-order valence-electron chi connectivity index (χ0n) is 26.4. The molecule has 7 heteroatoms. The Bertz CT molecular complexity index is 1050. The summed E-state index contributed by atoms with van der Waals surface area (Å²) in [5.74, 6) is 2.02. The second-order valence-corrected chi connectivity index (χ2v) is 12.1. The van der Waals surface area contributed by atoms with Gasteiger partial charge in [-0.05, 0) is 53.7 Å². The summed E-state index contributed by atoms with van der Waals surface area (Å²) in [4.78, 5) is 0. The van der Waals surface area contributed by atoms with Crippen LogP contribution in [0.1, 0.15) is 159 Å². The molecule has 0 amide bonds. The molecule has 3 rings (SSSR count). The van der Waals surface area contributed by atoms with Gasteiger partial charge in [0, 0.05) is 34.2 Å². The average molecular weight is 576 g/mol. The third-order valence-electron chi connectivity index (χ3n) is 6.72. The van der Waals surface area contributed by atoms with Crippen LogP contribution in [0.5, 0.6) is 0 Å². The topological polar surface area (TPSA) is 53.5 Å². The first-order valence-electron chi connectivity index (χ1n) is 14.3. The zero-order valence-corrected chi connectivity index (χ0v) is 27.6. The van der Waals surface area contributed by atoms with E-state index in [9.17, 15) is 0 Å². The molecule has 0 saturated carbocycles. The Morgan fingerprint density at radius 2 is 0.718 bits per heavy atom. The van der Waals surface area contributed by atoms with Crippen LogP contribution in [0, 0.1) is 0 Å². The Labute approximate surface area is 248 Å². The SMILES string of the molecule is C=CC=C.CC(C)c1cc(C(C)C)n(C(n2nc(C(C)C)cc2C(C)C)n2nc(C(C)C)cc2C(C)C)n1.[Mn]. The van der Waals surface area contributed by atoms with Gasteiger partial charge in [0.1, 0.15) is 0 Å². The van der Waals surface area contributed by atoms with Crippen LogP contribution in [0.2, 0.25) is 0 Å². The average Bonchev–Trinajstić information content (AvgIpc) is 3.57. The Morgan fingerprint density at radius 1 is 0.487 bits per heavy atom. The van der Waals surface area contributed by atoms with Crippen molar-refractivity contribution in [2.24, 2.45) is 0 Å². The predicted octanol–water partition coefficient (Wildman–Crippen LogP) is 8.93. The Hall–Kier alpha value is -2.37. The smallest absolute Gasteiger partial charge is 0.224 e. The standard InChI is InChI=1S/C28H46N6.C4H6.Mn/c1-16(2)22-13-25(19(7)8)32(29-22)28(33-26(20(9)10)14-23(30-33)17(3)4)34-27(21(11)12)15-24(31-34)18(5)6;1-3-4-2;/h13-21,28H,1-12H3;3-4H,1-2H2;. The monoisotopic (exact) mass is 575 g/mol. The summed E-state index contributed by atoms with van der Waals surface area (Å²) >= 11 is 0. The van der Waals surface area contributed by atoms with Gasteiger partial charge in [0.25, 0.3) is 0 Å². The van der Waals surface area contributed by atoms with Crippen molar-refractivity contribution in [2.75, 3.05) is 0 Å². The molecule has 0 unspecified atom stereocenters. The summed E-state index contributed by atoms with van der Waals surface area (Å²) in [6, 6.07) is 6.81. The van der Waals surface area contributed by atoms with Crippen molar-refractivity contribution in [1.82, 2.24) is 29.3 Å². The summed E-state index contributed by atoms with van der Waals surface area (Å²) in [5, 5.41) is 15.6. The first kappa shape index (κ1) is 34.7. The first-order chi connectivity index (χ1) is 17.7. The van der Waals surface area contributed by atoms with Gasteiger partial charge in [0.05, 0.1) is 17.1 Å². The molecule has 0 N–H and O–H groups in total. The molecule has 3 aromatic heterocycles. The summed E-state index contributed by atoms with van der Waals surface area (Å²) in [5.41, 5.74) is 6.96. The second-order valence-electron chi connectivity index (χ2n) is 12.1. The van der Waals surface area contributed by atoms with E-state index in [-0.39, 0.29) is 23.4 Å². The molecule has 217 valence electrons. The van der Waals surface area contributed by atoms with Crippen molar-refractivity contribution in [3.63, 3.8) is 0 Å². The molecule has 0 fully saturated rings. The normalized spacial score (nSPS) is 11.7. The molecule has 0 bridgehead atoms. The van der Waals surface area contributed by atoms with E-state index < -0.39 is 0 Å². The van der Waals surface area contributed by atoms with E-state index in [0.29, 0.717) is 35.5 Å². The number of aromatic nitrogens is 6. The minimum absolute atomic E-state index is 0. The van der Waals surface area contributed by atoms with Gasteiger partial charge in [0.2, 0.25) is 6.29 Å². The summed E-state index contributed by atoms with van der Waals surface area (Å²) in [7, 11) is 0. The van der Waals surface area contributed by atoms with Crippen LogP contribution in [0.15, 0.2) is 43.5 Å². The molecule has 3 heterocycles. The third kappa shape index (κ3) is 8.08. The van der Waals surface area contributed by atoms with Crippen molar-refractivity contribution in [2.45, 2.75) is 125 Å². The maximum Gasteiger partial charge on any atom is 0.238 e. The summed E-state index contributed by atoms with van der Waals surface area (Å²) < 4.78 is 6.56. The minimum atomic E-state index is -0.292. The molecular weight excluding hydrogens is 523 g/mol. The largest absolute Gasteiger partial charge is 0.238 e. The van der Waals surface area contributed by atoms with Gasteiger partial charge in [0.15, 0.2) is 0 Å². The first-order valence-corrected chi connectivity index (χ1v) is 14.3. The number of hydrogen-bond donors (Lipinski definition) is 0. The van der Waals surface area contributed by atoms with Crippen molar-refractivity contribution in [3.05, 3.63) is 77.7 Å². The van der Waals surface area contributed by atoms with Crippen LogP contribution >= 0.6 is 0 Å². The van der Waals surface area contributed by atoms with Crippen LogP contribution in [0.4, 0.5) is 0 Å². The molecule has 0 aliphatic carbocycles. The maximum absolute atomic E-state index is 5.19. The molecule has 0 saturated heterocycles. The molecule has 39 heavy (non-hydrogen) atoms. The van der Waals surface area contributed by atoms with Crippen molar-refractivity contribution >= 4 is 0 Å². The summed E-state index contributed by atoms with van der Waals surface area (Å²) in [6.45, 7) is 33.4. The third-order valence-corrected chi connectivity index (χ3v) is 6.72. The van der Waals surface area contributed by atoms with E-state index in [1.807, 2.05) is 0 Å².